The number of carbonyl (C=O) groups is 2. The largest absolute Gasteiger partial charge is 0.337 e. The second kappa shape index (κ2) is 8.93. The molecule has 2 heterocycles. The molecule has 0 N–H and O–H groups in total. The lowest BCUT2D eigenvalue weighted by molar-refractivity contribution is 0.0713. The van der Waals surface area contributed by atoms with Gasteiger partial charge in [-0.25, -0.2) is 9.37 Å². The van der Waals surface area contributed by atoms with Crippen molar-refractivity contribution < 1.29 is 14.0 Å². The third kappa shape index (κ3) is 4.37. The van der Waals surface area contributed by atoms with Crippen LogP contribution in [0.25, 0.3) is 10.6 Å². The van der Waals surface area contributed by atoms with Crippen molar-refractivity contribution >= 4 is 34.8 Å². The molecule has 1 saturated heterocycles. The maximum absolute atomic E-state index is 14.0. The summed E-state index contributed by atoms with van der Waals surface area (Å²) in [6.07, 6.45) is 0.622. The molecule has 1 aromatic heterocycles. The van der Waals surface area contributed by atoms with Crippen LogP contribution in [0.2, 0.25) is 5.02 Å². The van der Waals surface area contributed by atoms with Crippen molar-refractivity contribution in [3.8, 4) is 10.6 Å². The Hall–Kier alpha value is -2.77. The summed E-state index contributed by atoms with van der Waals surface area (Å²) >= 11 is 7.43. The van der Waals surface area contributed by atoms with Crippen LogP contribution in [-0.2, 0) is 0 Å². The minimum absolute atomic E-state index is 0.0583. The summed E-state index contributed by atoms with van der Waals surface area (Å²) in [7, 11) is 0. The number of benzene rings is 2. The third-order valence-electron chi connectivity index (χ3n) is 4.97. The average molecular weight is 444 g/mol. The topological polar surface area (TPSA) is 53.5 Å². The highest BCUT2D eigenvalue weighted by Gasteiger charge is 2.26. The van der Waals surface area contributed by atoms with Crippen LogP contribution in [0.15, 0.2) is 53.9 Å². The molecule has 2 aromatic carbocycles. The van der Waals surface area contributed by atoms with Crippen molar-refractivity contribution in [3.63, 3.8) is 0 Å². The van der Waals surface area contributed by atoms with E-state index in [0.717, 1.165) is 10.6 Å². The molecular formula is C22H19ClFN3O2S. The number of hydrogen-bond acceptors (Lipinski definition) is 4. The van der Waals surface area contributed by atoms with Crippen molar-refractivity contribution in [2.45, 2.75) is 6.42 Å². The van der Waals surface area contributed by atoms with Gasteiger partial charge in [0.1, 0.15) is 16.5 Å². The number of amides is 2. The smallest absolute Gasteiger partial charge is 0.273 e. The summed E-state index contributed by atoms with van der Waals surface area (Å²) in [5.74, 6) is -1.05. The van der Waals surface area contributed by atoms with Gasteiger partial charge in [0, 0.05) is 42.1 Å². The van der Waals surface area contributed by atoms with E-state index in [1.165, 1.54) is 23.5 Å². The van der Waals surface area contributed by atoms with E-state index in [0.29, 0.717) is 43.3 Å². The van der Waals surface area contributed by atoms with Crippen molar-refractivity contribution in [1.82, 2.24) is 14.8 Å². The Morgan fingerprint density at radius 1 is 0.967 bits per heavy atom. The van der Waals surface area contributed by atoms with Crippen LogP contribution in [0.1, 0.15) is 27.3 Å². The molecule has 0 atom stereocenters. The highest BCUT2D eigenvalue weighted by atomic mass is 35.5. The Balaban J connectivity index is 1.44. The lowest BCUT2D eigenvalue weighted by Crippen LogP contribution is -2.37. The van der Waals surface area contributed by atoms with Crippen molar-refractivity contribution in [2.75, 3.05) is 26.2 Å². The summed E-state index contributed by atoms with van der Waals surface area (Å²) in [4.78, 5) is 33.4. The second-order valence-electron chi connectivity index (χ2n) is 6.97. The molecule has 0 unspecified atom stereocenters. The van der Waals surface area contributed by atoms with Crippen LogP contribution in [0.3, 0.4) is 0 Å². The lowest BCUT2D eigenvalue weighted by Gasteiger charge is -2.22. The van der Waals surface area contributed by atoms with E-state index in [1.807, 2.05) is 18.2 Å². The highest BCUT2D eigenvalue weighted by Crippen LogP contribution is 2.26. The van der Waals surface area contributed by atoms with Gasteiger partial charge in [0.2, 0.25) is 0 Å². The van der Waals surface area contributed by atoms with Crippen LogP contribution < -0.4 is 0 Å². The van der Waals surface area contributed by atoms with E-state index >= 15 is 0 Å². The fourth-order valence-electron chi connectivity index (χ4n) is 3.42. The molecule has 0 spiro atoms. The molecule has 1 fully saturated rings. The van der Waals surface area contributed by atoms with E-state index < -0.39 is 5.82 Å². The molecular weight excluding hydrogens is 425 g/mol. The van der Waals surface area contributed by atoms with Gasteiger partial charge in [-0.3, -0.25) is 9.59 Å². The molecule has 1 aliphatic rings. The van der Waals surface area contributed by atoms with Crippen LogP contribution >= 0.6 is 22.9 Å². The normalized spacial score (nSPS) is 14.5. The number of hydrogen-bond donors (Lipinski definition) is 0. The number of thiazole rings is 1. The first kappa shape index (κ1) is 20.5. The van der Waals surface area contributed by atoms with Crippen molar-refractivity contribution in [3.05, 3.63) is 76.0 Å². The lowest BCUT2D eigenvalue weighted by atomic mass is 10.2. The minimum Gasteiger partial charge on any atom is -0.337 e. The molecule has 3 aromatic rings. The maximum Gasteiger partial charge on any atom is 0.273 e. The Morgan fingerprint density at radius 2 is 1.70 bits per heavy atom. The van der Waals surface area contributed by atoms with E-state index in [4.69, 9.17) is 11.6 Å². The predicted octanol–water partition coefficient (Wildman–Crippen LogP) is 4.59. The van der Waals surface area contributed by atoms with Crippen LogP contribution in [0, 0.1) is 5.82 Å². The van der Waals surface area contributed by atoms with Gasteiger partial charge in [0.05, 0.1) is 5.56 Å². The fraction of sp³-hybridized carbons (Fsp3) is 0.227. The standard InChI is InChI=1S/C22H19ClFN3O2S/c23-16-6-3-5-15(13-16)20-25-19(14-30-20)22(29)27-10-4-9-26(11-12-27)21(28)17-7-1-2-8-18(17)24/h1-3,5-8,13-14H,4,9-12H2. The first-order valence-corrected chi connectivity index (χ1v) is 10.8. The van der Waals surface area contributed by atoms with Gasteiger partial charge in [-0.1, -0.05) is 35.9 Å². The summed E-state index contributed by atoms with van der Waals surface area (Å²) < 4.78 is 14.0. The fourth-order valence-corrected chi connectivity index (χ4v) is 4.40. The van der Waals surface area contributed by atoms with Gasteiger partial charge in [-0.2, -0.15) is 0 Å². The quantitative estimate of drug-likeness (QED) is 0.595. The molecule has 4 rings (SSSR count). The molecule has 0 radical (unpaired) electrons. The first-order chi connectivity index (χ1) is 14.5. The molecule has 0 aliphatic carbocycles. The van der Waals surface area contributed by atoms with Crippen LogP contribution in [-0.4, -0.2) is 52.8 Å². The van der Waals surface area contributed by atoms with Gasteiger partial charge < -0.3 is 9.80 Å². The molecule has 2 amide bonds. The van der Waals surface area contributed by atoms with Crippen molar-refractivity contribution in [2.24, 2.45) is 0 Å². The number of halogens is 2. The zero-order valence-electron chi connectivity index (χ0n) is 16.1. The van der Waals surface area contributed by atoms with Crippen LogP contribution in [0.4, 0.5) is 4.39 Å². The molecule has 0 bridgehead atoms. The Labute approximate surface area is 182 Å². The van der Waals surface area contributed by atoms with E-state index in [1.54, 1.807) is 33.4 Å². The van der Waals surface area contributed by atoms with Gasteiger partial charge >= 0.3 is 0 Å². The number of rotatable bonds is 3. The van der Waals surface area contributed by atoms with E-state index in [9.17, 15) is 14.0 Å². The molecule has 1 aliphatic heterocycles. The maximum atomic E-state index is 14.0. The second-order valence-corrected chi connectivity index (χ2v) is 8.26. The van der Waals surface area contributed by atoms with E-state index in [-0.39, 0.29) is 17.4 Å². The summed E-state index contributed by atoms with van der Waals surface area (Å²) in [6, 6.07) is 13.3. The first-order valence-electron chi connectivity index (χ1n) is 9.57. The Bertz CT molecular complexity index is 1090. The molecule has 154 valence electrons. The Kier molecular flexibility index (Phi) is 6.11. The Morgan fingerprint density at radius 3 is 2.43 bits per heavy atom. The summed E-state index contributed by atoms with van der Waals surface area (Å²) in [5.41, 5.74) is 1.30. The zero-order chi connectivity index (χ0) is 21.1. The highest BCUT2D eigenvalue weighted by molar-refractivity contribution is 7.13. The molecule has 0 saturated carbocycles. The van der Waals surface area contributed by atoms with Gasteiger partial charge in [-0.15, -0.1) is 11.3 Å². The monoisotopic (exact) mass is 443 g/mol. The number of nitrogens with zero attached hydrogens (tertiary/aromatic N) is 3. The SMILES string of the molecule is O=C(c1csc(-c2cccc(Cl)c2)n1)N1CCCN(C(=O)c2ccccc2F)CC1. The van der Waals surface area contributed by atoms with Crippen LogP contribution in [0.5, 0.6) is 0 Å². The van der Waals surface area contributed by atoms with Gasteiger partial charge in [-0.05, 0) is 30.7 Å². The summed E-state index contributed by atoms with van der Waals surface area (Å²) in [5, 5.41) is 3.08. The molecule has 8 heteroatoms. The van der Waals surface area contributed by atoms with Gasteiger partial charge in [0.15, 0.2) is 0 Å². The zero-order valence-corrected chi connectivity index (χ0v) is 17.6. The minimum atomic E-state index is -0.532. The molecule has 30 heavy (non-hydrogen) atoms. The van der Waals surface area contributed by atoms with E-state index in [2.05, 4.69) is 4.98 Å². The summed E-state index contributed by atoms with van der Waals surface area (Å²) in [6.45, 7) is 1.72. The van der Waals surface area contributed by atoms with Crippen molar-refractivity contribution in [1.29, 1.82) is 0 Å². The average Bonchev–Trinajstić information content (AvgIpc) is 3.11. The van der Waals surface area contributed by atoms with Gasteiger partial charge in [0.25, 0.3) is 11.8 Å². The number of carbonyl (C=O) groups excluding carboxylic acids is 2. The predicted molar refractivity (Wildman–Crippen MR) is 115 cm³/mol. The third-order valence-corrected chi connectivity index (χ3v) is 6.10. The number of aromatic nitrogens is 1. The molecule has 5 nitrogen and oxygen atoms in total.